The number of ether oxygens (including phenoxy) is 3. The Morgan fingerprint density at radius 1 is 1.02 bits per heavy atom. The number of carboxylic acids is 1. The fourth-order valence-corrected chi connectivity index (χ4v) is 7.51. The topological polar surface area (TPSA) is 71.5 Å². The molecule has 1 aliphatic carbocycles. The Morgan fingerprint density at radius 2 is 1.83 bits per heavy atom. The van der Waals surface area contributed by atoms with Gasteiger partial charge in [0.15, 0.2) is 0 Å². The van der Waals surface area contributed by atoms with Gasteiger partial charge in [0.05, 0.1) is 24.2 Å². The average Bonchev–Trinajstić information content (AvgIpc) is 3.67. The van der Waals surface area contributed by atoms with Gasteiger partial charge in [0, 0.05) is 43.3 Å². The Balaban J connectivity index is 1.16. The van der Waals surface area contributed by atoms with Gasteiger partial charge in [-0.1, -0.05) is 41.9 Å². The van der Waals surface area contributed by atoms with Gasteiger partial charge < -0.3 is 19.3 Å². The number of benzene rings is 3. The number of carboxylic acid groups (broad SMARTS) is 1. The van der Waals surface area contributed by atoms with Crippen LogP contribution in [-0.2, 0) is 17.8 Å². The number of nitrogens with zero attached hydrogens (tertiary/aromatic N) is 2. The molecule has 3 aromatic carbocycles. The van der Waals surface area contributed by atoms with E-state index in [9.17, 15) is 9.90 Å². The van der Waals surface area contributed by atoms with E-state index >= 15 is 0 Å². The summed E-state index contributed by atoms with van der Waals surface area (Å²) in [4.78, 5) is 16.1. The van der Waals surface area contributed by atoms with Crippen LogP contribution in [0.3, 0.4) is 0 Å². The number of rotatable bonds is 13. The highest BCUT2D eigenvalue weighted by Gasteiger charge is 2.35. The van der Waals surface area contributed by atoms with Crippen molar-refractivity contribution in [3.8, 4) is 28.4 Å². The molecule has 3 aromatic rings. The smallest absolute Gasteiger partial charge is 0.307 e. The molecule has 246 valence electrons. The predicted molar refractivity (Wildman–Crippen MR) is 182 cm³/mol. The van der Waals surface area contributed by atoms with E-state index < -0.39 is 5.97 Å². The van der Waals surface area contributed by atoms with Crippen molar-refractivity contribution < 1.29 is 24.1 Å². The molecule has 2 fully saturated rings. The Labute approximate surface area is 278 Å². The Kier molecular flexibility index (Phi) is 9.83. The maximum absolute atomic E-state index is 11.5. The van der Waals surface area contributed by atoms with Crippen molar-refractivity contribution in [3.63, 3.8) is 0 Å². The van der Waals surface area contributed by atoms with E-state index in [4.69, 9.17) is 25.8 Å². The summed E-state index contributed by atoms with van der Waals surface area (Å²) in [6, 6.07) is 16.7. The molecule has 2 atom stereocenters. The van der Waals surface area contributed by atoms with Crippen molar-refractivity contribution in [1.82, 2.24) is 9.80 Å². The molecule has 0 aromatic heterocycles. The molecular weight excluding hydrogens is 600 g/mol. The first-order valence-electron chi connectivity index (χ1n) is 16.8. The molecule has 1 N–H and O–H groups in total. The molecule has 3 aliphatic rings. The van der Waals surface area contributed by atoms with Crippen molar-refractivity contribution in [1.29, 1.82) is 0 Å². The highest BCUT2D eigenvalue weighted by Crippen LogP contribution is 2.44. The molecule has 0 amide bonds. The first kappa shape index (κ1) is 32.7. The minimum absolute atomic E-state index is 0.117. The summed E-state index contributed by atoms with van der Waals surface area (Å²) in [6.07, 6.45) is 4.61. The summed E-state index contributed by atoms with van der Waals surface area (Å²) in [5.74, 6) is 1.23. The fraction of sp³-hybridized carbons (Fsp3) is 0.500. The van der Waals surface area contributed by atoms with E-state index in [2.05, 4.69) is 67.0 Å². The SMILES string of the molecule is CCOc1cc(O[C@H]2CCc3c(-c4cccc(OCCCN5CCC5(C)C)c4C)cccc32)c(Cl)cc1CN1CC[C@H](C(=O)O)C1. The summed E-state index contributed by atoms with van der Waals surface area (Å²) in [7, 11) is 0. The summed E-state index contributed by atoms with van der Waals surface area (Å²) >= 11 is 6.82. The molecule has 0 spiro atoms. The van der Waals surface area contributed by atoms with Crippen LogP contribution in [0.2, 0.25) is 5.02 Å². The molecule has 2 heterocycles. The number of carbonyl (C=O) groups is 1. The van der Waals surface area contributed by atoms with Gasteiger partial charge in [0.1, 0.15) is 23.4 Å². The number of hydrogen-bond donors (Lipinski definition) is 1. The monoisotopic (exact) mass is 646 g/mol. The Hall–Kier alpha value is -3.26. The molecular formula is C38H47ClN2O5. The highest BCUT2D eigenvalue weighted by molar-refractivity contribution is 6.32. The molecule has 0 saturated carbocycles. The standard InChI is InChI=1S/C38H47ClN2O5/c1-5-44-35-22-36(32(39)21-27(35)24-40-18-15-26(23-40)37(42)43)46-34-14-13-30-29(10-6-11-31(30)34)28-9-7-12-33(25(28)2)45-20-8-17-41-19-16-38(41,3)4/h6-7,9-12,21-22,26,34H,5,8,13-20,23-24H2,1-4H3,(H,42,43)/t26-,34-/m0/s1. The molecule has 46 heavy (non-hydrogen) atoms. The van der Waals surface area contributed by atoms with Crippen molar-refractivity contribution in [3.05, 3.63) is 75.8 Å². The Morgan fingerprint density at radius 3 is 2.54 bits per heavy atom. The van der Waals surface area contributed by atoms with E-state index in [0.717, 1.165) is 55.0 Å². The number of likely N-dealkylation sites (tertiary alicyclic amines) is 2. The van der Waals surface area contributed by atoms with Crippen LogP contribution in [0.25, 0.3) is 11.1 Å². The second kappa shape index (κ2) is 13.8. The van der Waals surface area contributed by atoms with Crippen LogP contribution < -0.4 is 14.2 Å². The zero-order valence-electron chi connectivity index (χ0n) is 27.6. The lowest BCUT2D eigenvalue weighted by atomic mass is 9.89. The normalized spacial score (nSPS) is 20.7. The van der Waals surface area contributed by atoms with Crippen LogP contribution in [0.1, 0.15) is 74.8 Å². The summed E-state index contributed by atoms with van der Waals surface area (Å²) in [5, 5.41) is 9.95. The number of hydrogen-bond acceptors (Lipinski definition) is 6. The van der Waals surface area contributed by atoms with Gasteiger partial charge in [0.25, 0.3) is 0 Å². The third-order valence-electron chi connectivity index (χ3n) is 10.2. The summed E-state index contributed by atoms with van der Waals surface area (Å²) < 4.78 is 19.0. The van der Waals surface area contributed by atoms with E-state index in [1.165, 1.54) is 35.2 Å². The molecule has 0 bridgehead atoms. The first-order valence-corrected chi connectivity index (χ1v) is 17.2. The lowest BCUT2D eigenvalue weighted by molar-refractivity contribution is -0.141. The maximum Gasteiger partial charge on any atom is 0.307 e. The van der Waals surface area contributed by atoms with Gasteiger partial charge in [-0.05, 0) is 106 Å². The zero-order chi connectivity index (χ0) is 32.4. The zero-order valence-corrected chi connectivity index (χ0v) is 28.4. The third-order valence-corrected chi connectivity index (χ3v) is 10.5. The van der Waals surface area contributed by atoms with Gasteiger partial charge in [0.2, 0.25) is 0 Å². The van der Waals surface area contributed by atoms with Gasteiger partial charge in [-0.25, -0.2) is 0 Å². The van der Waals surface area contributed by atoms with E-state index in [1.54, 1.807) is 0 Å². The van der Waals surface area contributed by atoms with Crippen molar-refractivity contribution >= 4 is 17.6 Å². The quantitative estimate of drug-likeness (QED) is 0.189. The summed E-state index contributed by atoms with van der Waals surface area (Å²) in [6.45, 7) is 14.1. The summed E-state index contributed by atoms with van der Waals surface area (Å²) in [5.41, 5.74) is 7.37. The van der Waals surface area contributed by atoms with Gasteiger partial charge in [-0.15, -0.1) is 0 Å². The second-order valence-corrected chi connectivity index (χ2v) is 14.0. The molecule has 6 rings (SSSR count). The lowest BCUT2D eigenvalue weighted by Crippen LogP contribution is -2.55. The van der Waals surface area contributed by atoms with Crippen molar-refractivity contribution in [2.75, 3.05) is 39.4 Å². The number of fused-ring (bicyclic) bond motifs is 1. The second-order valence-electron chi connectivity index (χ2n) is 13.6. The lowest BCUT2D eigenvalue weighted by Gasteiger charge is -2.48. The van der Waals surface area contributed by atoms with Crippen LogP contribution in [-0.4, -0.2) is 65.8 Å². The largest absolute Gasteiger partial charge is 0.493 e. The fourth-order valence-electron chi connectivity index (χ4n) is 7.27. The van der Waals surface area contributed by atoms with Crippen LogP contribution in [0.4, 0.5) is 0 Å². The van der Waals surface area contributed by atoms with Crippen molar-refractivity contribution in [2.24, 2.45) is 5.92 Å². The molecule has 8 heteroatoms. The highest BCUT2D eigenvalue weighted by atomic mass is 35.5. The van der Waals surface area contributed by atoms with E-state index in [1.807, 2.05) is 19.1 Å². The predicted octanol–water partition coefficient (Wildman–Crippen LogP) is 7.94. The first-order chi connectivity index (χ1) is 22.1. The number of halogens is 1. The van der Waals surface area contributed by atoms with Crippen LogP contribution >= 0.6 is 11.6 Å². The maximum atomic E-state index is 11.5. The van der Waals surface area contributed by atoms with Crippen molar-refractivity contribution in [2.45, 2.75) is 78.0 Å². The minimum atomic E-state index is -0.734. The molecule has 2 aliphatic heterocycles. The number of aliphatic carboxylic acids is 1. The molecule has 0 radical (unpaired) electrons. The van der Waals surface area contributed by atoms with E-state index in [0.29, 0.717) is 49.0 Å². The van der Waals surface area contributed by atoms with Crippen LogP contribution in [0.15, 0.2) is 48.5 Å². The average molecular weight is 647 g/mol. The van der Waals surface area contributed by atoms with Gasteiger partial charge in [-0.2, -0.15) is 0 Å². The minimum Gasteiger partial charge on any atom is -0.493 e. The third kappa shape index (κ3) is 6.87. The molecule has 0 unspecified atom stereocenters. The van der Waals surface area contributed by atoms with Crippen LogP contribution in [0, 0.1) is 12.8 Å². The molecule has 2 saturated heterocycles. The van der Waals surface area contributed by atoms with Gasteiger partial charge in [-0.3, -0.25) is 14.6 Å². The van der Waals surface area contributed by atoms with E-state index in [-0.39, 0.29) is 12.0 Å². The molecule has 7 nitrogen and oxygen atoms in total. The van der Waals surface area contributed by atoms with Gasteiger partial charge >= 0.3 is 5.97 Å². The van der Waals surface area contributed by atoms with Crippen LogP contribution in [0.5, 0.6) is 17.2 Å². The Bertz CT molecular complexity index is 1570.